The molecule has 0 aliphatic rings. The van der Waals surface area contributed by atoms with E-state index in [1.807, 2.05) is 75.4 Å². The van der Waals surface area contributed by atoms with Crippen LogP contribution in [0.5, 0.6) is 0 Å². The summed E-state index contributed by atoms with van der Waals surface area (Å²) in [6.45, 7) is 5.29. The molecule has 3 aromatic rings. The van der Waals surface area contributed by atoms with E-state index in [0.717, 1.165) is 33.3 Å². The first-order valence-corrected chi connectivity index (χ1v) is 14.7. The fourth-order valence-electron chi connectivity index (χ4n) is 4.13. The summed E-state index contributed by atoms with van der Waals surface area (Å²) in [5.41, 5.74) is 2.72. The number of sulfonamides is 1. The van der Waals surface area contributed by atoms with E-state index in [0.29, 0.717) is 6.42 Å². The Morgan fingerprint density at radius 1 is 0.949 bits per heavy atom. The van der Waals surface area contributed by atoms with E-state index in [1.54, 1.807) is 0 Å². The average molecular weight is 554 g/mol. The highest BCUT2D eigenvalue weighted by Gasteiger charge is 2.33. The van der Waals surface area contributed by atoms with Crippen molar-refractivity contribution in [2.24, 2.45) is 0 Å². The minimum atomic E-state index is -3.95. The van der Waals surface area contributed by atoms with Gasteiger partial charge in [-0.05, 0) is 49.6 Å². The van der Waals surface area contributed by atoms with Gasteiger partial charge in [-0.25, -0.2) is 12.8 Å². The molecule has 9 heteroatoms. The first kappa shape index (κ1) is 29.8. The number of rotatable bonds is 12. The van der Waals surface area contributed by atoms with Crippen molar-refractivity contribution in [3.8, 4) is 0 Å². The summed E-state index contributed by atoms with van der Waals surface area (Å²) in [4.78, 5) is 29.0. The Kier molecular flexibility index (Phi) is 10.2. The molecule has 0 aliphatic carbocycles. The molecule has 3 rings (SSSR count). The highest BCUT2D eigenvalue weighted by atomic mass is 32.2. The van der Waals surface area contributed by atoms with E-state index in [9.17, 15) is 22.4 Å². The van der Waals surface area contributed by atoms with Crippen LogP contribution in [0, 0.1) is 12.7 Å². The van der Waals surface area contributed by atoms with Crippen molar-refractivity contribution in [2.75, 3.05) is 17.1 Å². The highest BCUT2D eigenvalue weighted by Crippen LogP contribution is 2.21. The molecule has 0 saturated carbocycles. The summed E-state index contributed by atoms with van der Waals surface area (Å²) in [7, 11) is -3.95. The van der Waals surface area contributed by atoms with Crippen LogP contribution in [-0.2, 0) is 32.6 Å². The highest BCUT2D eigenvalue weighted by molar-refractivity contribution is 7.92. The summed E-state index contributed by atoms with van der Waals surface area (Å²) < 4.78 is 40.3. The minimum Gasteiger partial charge on any atom is -0.352 e. The van der Waals surface area contributed by atoms with Crippen molar-refractivity contribution in [3.05, 3.63) is 101 Å². The molecule has 39 heavy (non-hydrogen) atoms. The van der Waals surface area contributed by atoms with E-state index < -0.39 is 34.3 Å². The van der Waals surface area contributed by atoms with Crippen LogP contribution in [0.15, 0.2) is 78.9 Å². The number of hydrogen-bond donors (Lipinski definition) is 1. The molecular formula is C30H36FN3O4S. The molecule has 0 fully saturated rings. The first-order chi connectivity index (χ1) is 18.5. The lowest BCUT2D eigenvalue weighted by Crippen LogP contribution is -2.54. The Balaban J connectivity index is 2.05. The molecular weight excluding hydrogens is 517 g/mol. The lowest BCUT2D eigenvalue weighted by Gasteiger charge is -2.34. The van der Waals surface area contributed by atoms with Crippen LogP contribution in [0.25, 0.3) is 0 Å². The van der Waals surface area contributed by atoms with Gasteiger partial charge < -0.3 is 10.2 Å². The number of carbonyl (C=O) groups excluding carboxylic acids is 2. The molecule has 0 heterocycles. The van der Waals surface area contributed by atoms with E-state index >= 15 is 0 Å². The van der Waals surface area contributed by atoms with Crippen LogP contribution >= 0.6 is 0 Å². The number of nitrogens with zero attached hydrogens (tertiary/aromatic N) is 2. The third kappa shape index (κ3) is 8.64. The minimum absolute atomic E-state index is 0.0322. The summed E-state index contributed by atoms with van der Waals surface area (Å²) >= 11 is 0. The van der Waals surface area contributed by atoms with Gasteiger partial charge in [-0.15, -0.1) is 0 Å². The number of hydrogen-bond acceptors (Lipinski definition) is 4. The van der Waals surface area contributed by atoms with Gasteiger partial charge in [-0.1, -0.05) is 73.2 Å². The number of anilines is 1. The molecule has 0 aromatic heterocycles. The molecule has 7 nitrogen and oxygen atoms in total. The van der Waals surface area contributed by atoms with Crippen molar-refractivity contribution in [1.82, 2.24) is 10.2 Å². The third-order valence-electron chi connectivity index (χ3n) is 6.52. The van der Waals surface area contributed by atoms with Gasteiger partial charge in [0.05, 0.1) is 11.9 Å². The van der Waals surface area contributed by atoms with Crippen molar-refractivity contribution in [3.63, 3.8) is 0 Å². The van der Waals surface area contributed by atoms with Crippen molar-refractivity contribution in [2.45, 2.75) is 52.2 Å². The van der Waals surface area contributed by atoms with Crippen LogP contribution in [0.3, 0.4) is 0 Å². The van der Waals surface area contributed by atoms with E-state index in [2.05, 4.69) is 5.32 Å². The van der Waals surface area contributed by atoms with Gasteiger partial charge in [0.25, 0.3) is 0 Å². The predicted molar refractivity (Wildman–Crippen MR) is 152 cm³/mol. The molecule has 2 amide bonds. The molecule has 0 radical (unpaired) electrons. The molecule has 2 atom stereocenters. The first-order valence-electron chi connectivity index (χ1n) is 12.9. The maximum atomic E-state index is 14.0. The molecule has 3 aromatic carbocycles. The number of carbonyl (C=O) groups is 2. The van der Waals surface area contributed by atoms with Gasteiger partial charge in [0.2, 0.25) is 21.8 Å². The predicted octanol–water partition coefficient (Wildman–Crippen LogP) is 4.45. The number of nitrogens with one attached hydrogen (secondary N) is 1. The van der Waals surface area contributed by atoms with Crippen LogP contribution in [-0.4, -0.2) is 50.0 Å². The van der Waals surface area contributed by atoms with Gasteiger partial charge in [0, 0.05) is 19.0 Å². The van der Waals surface area contributed by atoms with Gasteiger partial charge >= 0.3 is 0 Å². The smallest absolute Gasteiger partial charge is 0.244 e. The van der Waals surface area contributed by atoms with Gasteiger partial charge in [-0.3, -0.25) is 13.9 Å². The lowest BCUT2D eigenvalue weighted by atomic mass is 10.0. The monoisotopic (exact) mass is 553 g/mol. The molecule has 0 spiro atoms. The fraction of sp³-hybridized carbons (Fsp3) is 0.333. The molecule has 0 bridgehead atoms. The summed E-state index contributed by atoms with van der Waals surface area (Å²) in [6, 6.07) is 21.0. The SMILES string of the molecule is CC[C@H](C)NC(=O)[C@H](Cc1ccccc1)N(Cc1ccc(C)cc1)C(=O)CN(c1cccc(F)c1)S(C)(=O)=O. The summed E-state index contributed by atoms with van der Waals surface area (Å²) in [5, 5.41) is 2.99. The second-order valence-corrected chi connectivity index (χ2v) is 11.7. The molecule has 1 N–H and O–H groups in total. The quantitative estimate of drug-likeness (QED) is 0.359. The number of benzene rings is 3. The molecule has 0 saturated heterocycles. The van der Waals surface area contributed by atoms with E-state index in [-0.39, 0.29) is 30.6 Å². The number of amides is 2. The second-order valence-electron chi connectivity index (χ2n) is 9.78. The number of halogens is 1. The zero-order valence-electron chi connectivity index (χ0n) is 22.8. The molecule has 0 aliphatic heterocycles. The fourth-order valence-corrected chi connectivity index (χ4v) is 4.97. The zero-order valence-corrected chi connectivity index (χ0v) is 23.6. The standard InChI is InChI=1S/C30H36FN3O4S/c1-5-23(3)32-30(36)28(18-24-10-7-6-8-11-24)33(20-25-16-14-22(2)15-17-25)29(35)21-34(39(4,37)38)27-13-9-12-26(31)19-27/h6-17,19,23,28H,5,18,20-21H2,1-4H3,(H,32,36)/t23-,28-/m0/s1. The Morgan fingerprint density at radius 2 is 1.62 bits per heavy atom. The zero-order chi connectivity index (χ0) is 28.6. The maximum absolute atomic E-state index is 14.0. The topological polar surface area (TPSA) is 86.8 Å². The Labute approximate surface area is 230 Å². The largest absolute Gasteiger partial charge is 0.352 e. The Bertz CT molecular complexity index is 1360. The van der Waals surface area contributed by atoms with Crippen molar-refractivity contribution >= 4 is 27.5 Å². The molecule has 208 valence electrons. The summed E-state index contributed by atoms with van der Waals surface area (Å²) in [5.74, 6) is -1.53. The Hall–Kier alpha value is -3.72. The van der Waals surface area contributed by atoms with Crippen LogP contribution in [0.4, 0.5) is 10.1 Å². The lowest BCUT2D eigenvalue weighted by molar-refractivity contribution is -0.140. The molecule has 0 unspecified atom stereocenters. The van der Waals surface area contributed by atoms with Crippen LogP contribution < -0.4 is 9.62 Å². The number of aryl methyl sites for hydroxylation is 1. The second kappa shape index (κ2) is 13.4. The van der Waals surface area contributed by atoms with Gasteiger partial charge in [0.15, 0.2) is 0 Å². The van der Waals surface area contributed by atoms with Crippen LogP contribution in [0.2, 0.25) is 0 Å². The van der Waals surface area contributed by atoms with E-state index in [4.69, 9.17) is 0 Å². The van der Waals surface area contributed by atoms with Crippen molar-refractivity contribution < 1.29 is 22.4 Å². The van der Waals surface area contributed by atoms with Gasteiger partial charge in [0.1, 0.15) is 18.4 Å². The van der Waals surface area contributed by atoms with E-state index in [1.165, 1.54) is 23.1 Å². The average Bonchev–Trinajstić information content (AvgIpc) is 2.90. The maximum Gasteiger partial charge on any atom is 0.244 e. The normalized spacial score (nSPS) is 12.8. The van der Waals surface area contributed by atoms with Crippen LogP contribution in [0.1, 0.15) is 37.0 Å². The third-order valence-corrected chi connectivity index (χ3v) is 7.66. The summed E-state index contributed by atoms with van der Waals surface area (Å²) in [6.07, 6.45) is 1.91. The van der Waals surface area contributed by atoms with Crippen molar-refractivity contribution in [1.29, 1.82) is 0 Å². The van der Waals surface area contributed by atoms with Gasteiger partial charge in [-0.2, -0.15) is 0 Å². The Morgan fingerprint density at radius 3 is 2.21 bits per heavy atom.